The van der Waals surface area contributed by atoms with E-state index in [2.05, 4.69) is 19.2 Å². The van der Waals surface area contributed by atoms with Gasteiger partial charge >= 0.3 is 5.97 Å². The molecule has 2 saturated carbocycles. The molecule has 0 unspecified atom stereocenters. The summed E-state index contributed by atoms with van der Waals surface area (Å²) in [5, 5.41) is 8.95. The molecule has 0 N–H and O–H groups in total. The van der Waals surface area contributed by atoms with Gasteiger partial charge in [0.15, 0.2) is 0 Å². The maximum Gasteiger partial charge on any atom is 0.330 e. The van der Waals surface area contributed by atoms with Crippen LogP contribution < -0.4 is 0 Å². The summed E-state index contributed by atoms with van der Waals surface area (Å²) in [6.45, 7) is 8.36. The van der Waals surface area contributed by atoms with Crippen molar-refractivity contribution in [2.24, 2.45) is 23.7 Å². The van der Waals surface area contributed by atoms with Crippen LogP contribution in [0.3, 0.4) is 0 Å². The molecule has 28 heavy (non-hydrogen) atoms. The average molecular weight is 378 g/mol. The smallest absolute Gasteiger partial charge is 0.330 e. The van der Waals surface area contributed by atoms with E-state index < -0.39 is 0 Å². The van der Waals surface area contributed by atoms with Crippen LogP contribution in [-0.4, -0.2) is 12.6 Å². The molecule has 2 fully saturated rings. The van der Waals surface area contributed by atoms with Crippen LogP contribution in [0, 0.1) is 35.0 Å². The van der Waals surface area contributed by atoms with Gasteiger partial charge in [0.05, 0.1) is 18.2 Å². The van der Waals surface area contributed by atoms with E-state index in [-0.39, 0.29) is 5.97 Å². The molecular weight excluding hydrogens is 346 g/mol. The van der Waals surface area contributed by atoms with Crippen LogP contribution in [0.1, 0.15) is 62.5 Å². The van der Waals surface area contributed by atoms with Gasteiger partial charge in [-0.1, -0.05) is 25.3 Å². The zero-order chi connectivity index (χ0) is 19.9. The summed E-state index contributed by atoms with van der Waals surface area (Å²) < 4.78 is 5.22. The van der Waals surface area contributed by atoms with E-state index in [0.717, 1.165) is 11.8 Å². The van der Waals surface area contributed by atoms with Crippen LogP contribution in [0.15, 0.2) is 43.5 Å². The molecular formula is C25H31NO2. The lowest BCUT2D eigenvalue weighted by Gasteiger charge is -2.38. The molecule has 3 rings (SSSR count). The number of benzene rings is 1. The average Bonchev–Trinajstić information content (AvgIpc) is 2.77. The molecule has 0 amide bonds. The number of nitriles is 1. The molecule has 0 aromatic heterocycles. The van der Waals surface area contributed by atoms with Gasteiger partial charge in [0.1, 0.15) is 0 Å². The summed E-state index contributed by atoms with van der Waals surface area (Å²) in [6.07, 6.45) is 11.2. The second kappa shape index (κ2) is 9.73. The highest BCUT2D eigenvalue weighted by molar-refractivity contribution is 5.81. The number of hydrogen-bond donors (Lipinski definition) is 0. The van der Waals surface area contributed by atoms with E-state index in [4.69, 9.17) is 10.00 Å². The molecule has 2 aliphatic carbocycles. The Bertz CT molecular complexity index is 727. The van der Waals surface area contributed by atoms with Gasteiger partial charge in [0.25, 0.3) is 0 Å². The van der Waals surface area contributed by atoms with Crippen LogP contribution in [0.5, 0.6) is 0 Å². The van der Waals surface area contributed by atoms with Gasteiger partial charge < -0.3 is 4.74 Å². The molecule has 148 valence electrons. The topological polar surface area (TPSA) is 50.1 Å². The minimum absolute atomic E-state index is 0.303. The zero-order valence-corrected chi connectivity index (χ0v) is 16.7. The number of carbonyl (C=O) groups excluding carboxylic acids is 1. The van der Waals surface area contributed by atoms with E-state index >= 15 is 0 Å². The summed E-state index contributed by atoms with van der Waals surface area (Å²) in [5.74, 6) is 2.45. The first kappa shape index (κ1) is 20.4. The third-order valence-corrected chi connectivity index (χ3v) is 6.84. The van der Waals surface area contributed by atoms with E-state index in [0.29, 0.717) is 24.0 Å². The third-order valence-electron chi connectivity index (χ3n) is 6.84. The zero-order valence-electron chi connectivity index (χ0n) is 16.7. The van der Waals surface area contributed by atoms with Crippen molar-refractivity contribution in [3.8, 4) is 6.07 Å². The van der Waals surface area contributed by atoms with Gasteiger partial charge in [-0.2, -0.15) is 5.26 Å². The van der Waals surface area contributed by atoms with Crippen molar-refractivity contribution in [3.63, 3.8) is 0 Å². The summed E-state index contributed by atoms with van der Waals surface area (Å²) in [5.41, 5.74) is 3.11. The number of nitrogens with zero attached hydrogens (tertiary/aromatic N) is 1. The van der Waals surface area contributed by atoms with Crippen LogP contribution in [0.4, 0.5) is 0 Å². The van der Waals surface area contributed by atoms with Crippen molar-refractivity contribution in [2.45, 2.75) is 51.4 Å². The number of esters is 1. The Labute approximate surface area is 169 Å². The van der Waals surface area contributed by atoms with Crippen molar-refractivity contribution >= 4 is 11.5 Å². The molecule has 2 aliphatic rings. The lowest BCUT2D eigenvalue weighted by atomic mass is 9.68. The largest absolute Gasteiger partial charge is 0.462 e. The van der Waals surface area contributed by atoms with Gasteiger partial charge in [-0.25, -0.2) is 4.79 Å². The summed E-state index contributed by atoms with van der Waals surface area (Å²) in [6, 6.07) is 10.0. The molecule has 0 spiro atoms. The molecule has 1 aromatic rings. The first-order valence-electron chi connectivity index (χ1n) is 10.6. The maximum absolute atomic E-state index is 11.2. The SMILES string of the molecule is C=CC(=O)OCC1CCC(C2CCC(C(=C)c3ccc(C#N)cc3)CC2)CC1. The highest BCUT2D eigenvalue weighted by atomic mass is 16.5. The Balaban J connectivity index is 1.43. The normalized spacial score (nSPS) is 27.4. The van der Waals surface area contributed by atoms with Crippen LogP contribution in [-0.2, 0) is 9.53 Å². The van der Waals surface area contributed by atoms with Gasteiger partial charge in [0, 0.05) is 6.08 Å². The fourth-order valence-electron chi connectivity index (χ4n) is 5.02. The Morgan fingerprint density at radius 1 is 1.04 bits per heavy atom. The minimum Gasteiger partial charge on any atom is -0.462 e. The maximum atomic E-state index is 11.2. The molecule has 0 bridgehead atoms. The first-order chi connectivity index (χ1) is 13.6. The summed E-state index contributed by atoms with van der Waals surface area (Å²) >= 11 is 0. The molecule has 0 atom stereocenters. The van der Waals surface area contributed by atoms with Gasteiger partial charge in [-0.15, -0.1) is 0 Å². The fourth-order valence-corrected chi connectivity index (χ4v) is 5.02. The highest BCUT2D eigenvalue weighted by Gasteiger charge is 2.32. The minimum atomic E-state index is -0.303. The van der Waals surface area contributed by atoms with Gasteiger partial charge in [-0.3, -0.25) is 0 Å². The first-order valence-corrected chi connectivity index (χ1v) is 10.6. The quantitative estimate of drug-likeness (QED) is 0.457. The number of hydrogen-bond acceptors (Lipinski definition) is 3. The Morgan fingerprint density at radius 2 is 1.61 bits per heavy atom. The fraction of sp³-hybridized carbons (Fsp3) is 0.520. The molecule has 0 aliphatic heterocycles. The monoisotopic (exact) mass is 377 g/mol. The molecule has 0 saturated heterocycles. The van der Waals surface area contributed by atoms with Crippen molar-refractivity contribution in [2.75, 3.05) is 6.61 Å². The molecule has 3 heteroatoms. The van der Waals surface area contributed by atoms with Gasteiger partial charge in [0.2, 0.25) is 0 Å². The van der Waals surface area contributed by atoms with Gasteiger partial charge in [-0.05, 0) is 98.3 Å². The van der Waals surface area contributed by atoms with E-state index in [1.807, 2.05) is 24.3 Å². The number of rotatable bonds is 6. The Kier molecular flexibility index (Phi) is 7.09. The van der Waals surface area contributed by atoms with Crippen LogP contribution in [0.25, 0.3) is 5.57 Å². The predicted molar refractivity (Wildman–Crippen MR) is 112 cm³/mol. The van der Waals surface area contributed by atoms with E-state index in [9.17, 15) is 4.79 Å². The molecule has 0 radical (unpaired) electrons. The molecule has 3 nitrogen and oxygen atoms in total. The second-order valence-electron chi connectivity index (χ2n) is 8.44. The predicted octanol–water partition coefficient (Wildman–Crippen LogP) is 5.91. The van der Waals surface area contributed by atoms with Crippen LogP contribution >= 0.6 is 0 Å². The highest BCUT2D eigenvalue weighted by Crippen LogP contribution is 2.44. The number of carbonyl (C=O) groups is 1. The van der Waals surface area contributed by atoms with Crippen molar-refractivity contribution in [3.05, 3.63) is 54.6 Å². The lowest BCUT2D eigenvalue weighted by Crippen LogP contribution is -2.27. The Hall–Kier alpha value is -2.34. The second-order valence-corrected chi connectivity index (χ2v) is 8.44. The molecule has 0 heterocycles. The molecule has 1 aromatic carbocycles. The van der Waals surface area contributed by atoms with E-state index in [1.54, 1.807) is 0 Å². The number of allylic oxidation sites excluding steroid dienone is 1. The summed E-state index contributed by atoms with van der Waals surface area (Å²) in [4.78, 5) is 11.2. The van der Waals surface area contributed by atoms with Crippen molar-refractivity contribution < 1.29 is 9.53 Å². The standard InChI is InChI=1S/C25H31NO2/c1-3-25(27)28-17-20-6-10-23(11-7-20)24-14-12-22(13-15-24)18(2)21-8-4-19(16-26)5-9-21/h3-5,8-9,20,22-24H,1-2,6-7,10-15,17H2. The van der Waals surface area contributed by atoms with Crippen molar-refractivity contribution in [1.82, 2.24) is 0 Å². The number of ether oxygens (including phenoxy) is 1. The Morgan fingerprint density at radius 3 is 2.14 bits per heavy atom. The van der Waals surface area contributed by atoms with Crippen molar-refractivity contribution in [1.29, 1.82) is 5.26 Å². The summed E-state index contributed by atoms with van der Waals surface area (Å²) in [7, 11) is 0. The third kappa shape index (κ3) is 5.13. The van der Waals surface area contributed by atoms with Crippen LogP contribution in [0.2, 0.25) is 0 Å². The van der Waals surface area contributed by atoms with E-state index in [1.165, 1.54) is 68.6 Å². The lowest BCUT2D eigenvalue weighted by molar-refractivity contribution is -0.139.